The van der Waals surface area contributed by atoms with Crippen LogP contribution in [0.4, 0.5) is 0 Å². The van der Waals surface area contributed by atoms with Crippen molar-refractivity contribution < 1.29 is 24.1 Å². The summed E-state index contributed by atoms with van der Waals surface area (Å²) in [4.78, 5) is 12.9. The first-order chi connectivity index (χ1) is 14.5. The molecule has 0 saturated heterocycles. The highest BCUT2D eigenvalue weighted by Crippen LogP contribution is 2.47. The molecule has 0 amide bonds. The summed E-state index contributed by atoms with van der Waals surface area (Å²) in [6, 6.07) is 11.9. The fraction of sp³-hybridized carbons (Fsp3) is 0.500. The number of rotatable bonds is 7. The van der Waals surface area contributed by atoms with E-state index in [9.17, 15) is 4.79 Å². The zero-order valence-corrected chi connectivity index (χ0v) is 19.5. The lowest BCUT2D eigenvalue weighted by atomic mass is 9.77. The van der Waals surface area contributed by atoms with Crippen LogP contribution in [0.3, 0.4) is 0 Å². The molecule has 1 atom stereocenters. The minimum absolute atomic E-state index is 0.00150. The summed E-state index contributed by atoms with van der Waals surface area (Å²) in [6.07, 6.45) is 0. The Balaban J connectivity index is 1.90. The van der Waals surface area contributed by atoms with Gasteiger partial charge in [-0.3, -0.25) is 4.79 Å². The van der Waals surface area contributed by atoms with Crippen LogP contribution in [0.25, 0.3) is 0 Å². The molecule has 0 bridgehead atoms. The highest BCUT2D eigenvalue weighted by molar-refractivity contribution is 5.90. The fourth-order valence-corrected chi connectivity index (χ4v) is 3.71. The number of ether oxygens (including phenoxy) is 3. The highest BCUT2D eigenvalue weighted by Gasteiger charge is 2.39. The predicted molar refractivity (Wildman–Crippen MR) is 121 cm³/mol. The zero-order chi connectivity index (χ0) is 22.8. The third kappa shape index (κ3) is 5.28. The molecule has 0 aromatic heterocycles. The Morgan fingerprint density at radius 3 is 2.19 bits per heavy atom. The van der Waals surface area contributed by atoms with E-state index < -0.39 is 5.92 Å². The van der Waals surface area contributed by atoms with Crippen molar-refractivity contribution in [2.45, 2.75) is 58.3 Å². The third-order valence-electron chi connectivity index (χ3n) is 5.49. The molecule has 31 heavy (non-hydrogen) atoms. The van der Waals surface area contributed by atoms with E-state index in [1.165, 1.54) is 5.56 Å². The lowest BCUT2D eigenvalue weighted by Crippen LogP contribution is -2.17. The monoisotopic (exact) mass is 426 g/mol. The minimum Gasteiger partial charge on any atom is -0.491 e. The summed E-state index contributed by atoms with van der Waals surface area (Å²) in [5, 5.41) is 8.73. The van der Waals surface area contributed by atoms with Crippen LogP contribution in [-0.4, -0.2) is 37.5 Å². The number of esters is 1. The van der Waals surface area contributed by atoms with Gasteiger partial charge in [-0.05, 0) is 34.1 Å². The molecule has 0 fully saturated rings. The maximum Gasteiger partial charge on any atom is 0.323 e. The highest BCUT2D eigenvalue weighted by atomic mass is 16.5. The maximum atomic E-state index is 12.9. The average molecular weight is 427 g/mol. The molecule has 5 heteroatoms. The molecule has 0 saturated carbocycles. The van der Waals surface area contributed by atoms with Gasteiger partial charge in [0, 0.05) is 11.1 Å². The van der Waals surface area contributed by atoms with E-state index in [0.717, 1.165) is 16.7 Å². The SMILES string of the molecule is CC(C)(C)c1cc2c(c(C(C)(C)C)c1)OC(=O)C2c1ccc(OCCOCCO)cc1. The van der Waals surface area contributed by atoms with E-state index in [4.69, 9.17) is 19.3 Å². The Kier molecular flexibility index (Phi) is 6.77. The van der Waals surface area contributed by atoms with Gasteiger partial charge >= 0.3 is 5.97 Å². The Morgan fingerprint density at radius 2 is 1.61 bits per heavy atom. The van der Waals surface area contributed by atoms with Crippen molar-refractivity contribution >= 4 is 5.97 Å². The first kappa shape index (κ1) is 23.3. The smallest absolute Gasteiger partial charge is 0.323 e. The van der Waals surface area contributed by atoms with Gasteiger partial charge in [-0.2, -0.15) is 0 Å². The Labute approximate surface area is 185 Å². The average Bonchev–Trinajstić information content (AvgIpc) is 3.01. The predicted octanol–water partition coefficient (Wildman–Crippen LogP) is 4.72. The van der Waals surface area contributed by atoms with Gasteiger partial charge in [0.1, 0.15) is 24.0 Å². The molecule has 2 aromatic rings. The van der Waals surface area contributed by atoms with Crippen molar-refractivity contribution in [2.24, 2.45) is 0 Å². The molecular formula is C26H34O5. The quantitative estimate of drug-likeness (QED) is 0.394. The first-order valence-corrected chi connectivity index (χ1v) is 10.8. The van der Waals surface area contributed by atoms with Crippen molar-refractivity contribution in [3.63, 3.8) is 0 Å². The molecule has 0 spiro atoms. The van der Waals surface area contributed by atoms with Crippen LogP contribution in [0.5, 0.6) is 11.5 Å². The second kappa shape index (κ2) is 9.01. The lowest BCUT2D eigenvalue weighted by Gasteiger charge is -2.27. The molecule has 0 aliphatic carbocycles. The topological polar surface area (TPSA) is 65.0 Å². The number of hydrogen-bond acceptors (Lipinski definition) is 5. The van der Waals surface area contributed by atoms with Gasteiger partial charge in [-0.25, -0.2) is 0 Å². The Hall–Kier alpha value is -2.37. The van der Waals surface area contributed by atoms with Crippen molar-refractivity contribution in [2.75, 3.05) is 26.4 Å². The standard InChI is InChI=1S/C26H34O5/c1-25(2,3)18-15-20-22(24(28)31-23(20)21(16-18)26(4,5)6)17-7-9-19(10-8-17)30-14-13-29-12-11-27/h7-10,15-16,22,27H,11-14H2,1-6H3. The second-order valence-corrected chi connectivity index (χ2v) is 10.0. The molecule has 2 aromatic carbocycles. The maximum absolute atomic E-state index is 12.9. The van der Waals surface area contributed by atoms with Gasteiger partial charge in [-0.15, -0.1) is 0 Å². The molecule has 168 valence electrons. The van der Waals surface area contributed by atoms with E-state index in [1.807, 2.05) is 24.3 Å². The number of aliphatic hydroxyl groups excluding tert-OH is 1. The van der Waals surface area contributed by atoms with E-state index >= 15 is 0 Å². The van der Waals surface area contributed by atoms with Gasteiger partial charge in [0.05, 0.1) is 19.8 Å². The molecule has 1 unspecified atom stereocenters. The van der Waals surface area contributed by atoms with Gasteiger partial charge < -0.3 is 19.3 Å². The molecule has 1 aliphatic heterocycles. The van der Waals surface area contributed by atoms with Crippen molar-refractivity contribution in [1.29, 1.82) is 0 Å². The molecule has 3 rings (SSSR count). The van der Waals surface area contributed by atoms with Crippen LogP contribution in [0.2, 0.25) is 0 Å². The van der Waals surface area contributed by atoms with Crippen LogP contribution in [-0.2, 0) is 20.4 Å². The van der Waals surface area contributed by atoms with E-state index in [0.29, 0.717) is 31.3 Å². The summed E-state index contributed by atoms with van der Waals surface area (Å²) in [7, 11) is 0. The zero-order valence-electron chi connectivity index (χ0n) is 19.5. The van der Waals surface area contributed by atoms with E-state index in [2.05, 4.69) is 53.7 Å². The summed E-state index contributed by atoms with van der Waals surface area (Å²) >= 11 is 0. The van der Waals surface area contributed by atoms with Gasteiger partial charge in [0.2, 0.25) is 0 Å². The Bertz CT molecular complexity index is 917. The van der Waals surface area contributed by atoms with Crippen LogP contribution in [0.1, 0.15) is 69.7 Å². The van der Waals surface area contributed by atoms with Crippen LogP contribution in [0, 0.1) is 0 Å². The molecule has 1 aliphatic rings. The van der Waals surface area contributed by atoms with Crippen LogP contribution < -0.4 is 9.47 Å². The Morgan fingerprint density at radius 1 is 0.935 bits per heavy atom. The summed E-state index contributed by atoms with van der Waals surface area (Å²) < 4.78 is 16.7. The van der Waals surface area contributed by atoms with Gasteiger partial charge in [-0.1, -0.05) is 65.8 Å². The number of fused-ring (bicyclic) bond motifs is 1. The number of carbonyl (C=O) groups excluding carboxylic acids is 1. The third-order valence-corrected chi connectivity index (χ3v) is 5.49. The van der Waals surface area contributed by atoms with Crippen LogP contribution >= 0.6 is 0 Å². The van der Waals surface area contributed by atoms with Crippen LogP contribution in [0.15, 0.2) is 36.4 Å². The molecular weight excluding hydrogens is 392 g/mol. The minimum atomic E-state index is -0.444. The number of carbonyl (C=O) groups is 1. The van der Waals surface area contributed by atoms with E-state index in [-0.39, 0.29) is 23.4 Å². The molecule has 1 N–H and O–H groups in total. The summed E-state index contributed by atoms with van der Waals surface area (Å²) in [5.74, 6) is 0.733. The normalized spacial score (nSPS) is 16.2. The number of hydrogen-bond donors (Lipinski definition) is 1. The van der Waals surface area contributed by atoms with Gasteiger partial charge in [0.15, 0.2) is 0 Å². The summed E-state index contributed by atoms with van der Waals surface area (Å²) in [6.45, 7) is 14.1. The number of benzene rings is 2. The van der Waals surface area contributed by atoms with Crippen molar-refractivity contribution in [3.05, 3.63) is 58.7 Å². The van der Waals surface area contributed by atoms with Crippen molar-refractivity contribution in [1.82, 2.24) is 0 Å². The summed E-state index contributed by atoms with van der Waals surface area (Å²) in [5.41, 5.74) is 3.90. The van der Waals surface area contributed by atoms with Crippen molar-refractivity contribution in [3.8, 4) is 11.5 Å². The fourth-order valence-electron chi connectivity index (χ4n) is 3.71. The molecule has 1 heterocycles. The number of aliphatic hydroxyl groups is 1. The van der Waals surface area contributed by atoms with E-state index in [1.54, 1.807) is 0 Å². The lowest BCUT2D eigenvalue weighted by molar-refractivity contribution is -0.133. The largest absolute Gasteiger partial charge is 0.491 e. The molecule has 5 nitrogen and oxygen atoms in total. The first-order valence-electron chi connectivity index (χ1n) is 10.8. The molecule has 0 radical (unpaired) electrons. The second-order valence-electron chi connectivity index (χ2n) is 10.0. The van der Waals surface area contributed by atoms with Gasteiger partial charge in [0.25, 0.3) is 0 Å².